The van der Waals surface area contributed by atoms with Crippen LogP contribution in [0.3, 0.4) is 0 Å². The lowest BCUT2D eigenvalue weighted by atomic mass is 9.96. The molecule has 0 radical (unpaired) electrons. The molecule has 1 fully saturated rings. The second-order valence-corrected chi connectivity index (χ2v) is 7.61. The summed E-state index contributed by atoms with van der Waals surface area (Å²) in [7, 11) is 1.60. The van der Waals surface area contributed by atoms with Gasteiger partial charge in [0.15, 0.2) is 0 Å². The van der Waals surface area contributed by atoms with Gasteiger partial charge in [0.25, 0.3) is 23.1 Å². The number of aryl methyl sites for hydroxylation is 1. The Balaban J connectivity index is 1.55. The van der Waals surface area contributed by atoms with Gasteiger partial charge >= 0.3 is 0 Å². The summed E-state index contributed by atoms with van der Waals surface area (Å²) in [6.07, 6.45) is 2.94. The Bertz CT molecular complexity index is 1040. The number of nitrogens with one attached hydrogen (secondary N) is 1. The van der Waals surface area contributed by atoms with Gasteiger partial charge in [-0.15, -0.1) is 0 Å². The molecule has 0 saturated carbocycles. The van der Waals surface area contributed by atoms with Crippen LogP contribution in [0.1, 0.15) is 33.6 Å². The lowest BCUT2D eigenvalue weighted by Crippen LogP contribution is -2.43. The summed E-state index contributed by atoms with van der Waals surface area (Å²) in [5.74, 6) is -0.619. The number of halogens is 1. The first-order valence-corrected chi connectivity index (χ1v) is 9.82. The Morgan fingerprint density at radius 1 is 1.23 bits per heavy atom. The van der Waals surface area contributed by atoms with E-state index in [2.05, 4.69) is 5.32 Å². The van der Waals surface area contributed by atoms with E-state index in [1.165, 1.54) is 22.8 Å². The average Bonchev–Trinajstić information content (AvgIpc) is 2.74. The average molecular weight is 433 g/mol. The van der Waals surface area contributed by atoms with Crippen molar-refractivity contribution < 1.29 is 14.5 Å². The van der Waals surface area contributed by atoms with Crippen LogP contribution < -0.4 is 10.9 Å². The van der Waals surface area contributed by atoms with E-state index in [4.69, 9.17) is 11.6 Å². The standard InChI is InChI=1S/C20H21ClN4O5/c1-23-8-2-3-15(19(23)27)20(28)24-9-6-13(7-10-24)12-22-18(26)16-11-14(25(29)30)4-5-17(16)21/h2-5,8,11,13H,6-7,9-10,12H2,1H3,(H,22,26). The SMILES string of the molecule is Cn1cccc(C(=O)N2CCC(CNC(=O)c3cc([N+](=O)[O-])ccc3Cl)CC2)c1=O. The van der Waals surface area contributed by atoms with E-state index in [1.54, 1.807) is 24.2 Å². The number of hydrogen-bond acceptors (Lipinski definition) is 5. The summed E-state index contributed by atoms with van der Waals surface area (Å²) in [6.45, 7) is 1.33. The van der Waals surface area contributed by atoms with Crippen LogP contribution in [0.15, 0.2) is 41.3 Å². The number of amides is 2. The quantitative estimate of drug-likeness (QED) is 0.574. The minimum atomic E-state index is -0.583. The summed E-state index contributed by atoms with van der Waals surface area (Å²) >= 11 is 6.00. The van der Waals surface area contributed by atoms with Crippen molar-refractivity contribution in [2.75, 3.05) is 19.6 Å². The number of nitrogens with zero attached hydrogens (tertiary/aromatic N) is 3. The van der Waals surface area contributed by atoms with E-state index in [9.17, 15) is 24.5 Å². The summed E-state index contributed by atoms with van der Waals surface area (Å²) in [5.41, 5.74) is -0.334. The fraction of sp³-hybridized carbons (Fsp3) is 0.350. The molecule has 1 saturated heterocycles. The molecule has 1 aliphatic rings. The zero-order valence-electron chi connectivity index (χ0n) is 16.3. The maximum atomic E-state index is 12.6. The van der Waals surface area contributed by atoms with E-state index < -0.39 is 10.8 Å². The van der Waals surface area contributed by atoms with Gasteiger partial charge in [-0.1, -0.05) is 11.6 Å². The topological polar surface area (TPSA) is 115 Å². The minimum Gasteiger partial charge on any atom is -0.352 e. The van der Waals surface area contributed by atoms with Crippen molar-refractivity contribution in [3.63, 3.8) is 0 Å². The number of non-ortho nitro benzene ring substituents is 1. The number of hydrogen-bond donors (Lipinski definition) is 1. The normalized spacial score (nSPS) is 14.4. The molecule has 3 rings (SSSR count). The molecule has 0 aliphatic carbocycles. The zero-order valence-corrected chi connectivity index (χ0v) is 17.1. The molecule has 1 aromatic heterocycles. The molecule has 30 heavy (non-hydrogen) atoms. The molecule has 2 aromatic rings. The Morgan fingerprint density at radius 2 is 1.93 bits per heavy atom. The second kappa shape index (κ2) is 9.08. The van der Waals surface area contributed by atoms with Crippen LogP contribution in [0.5, 0.6) is 0 Å². The number of rotatable bonds is 5. The molecule has 1 aliphatic heterocycles. The van der Waals surface area contributed by atoms with Gasteiger partial charge in [-0.2, -0.15) is 0 Å². The molecule has 2 heterocycles. The molecule has 10 heteroatoms. The van der Waals surface area contributed by atoms with Gasteiger partial charge in [-0.25, -0.2) is 0 Å². The molecule has 1 aromatic carbocycles. The van der Waals surface area contributed by atoms with Crippen LogP contribution in [0.2, 0.25) is 5.02 Å². The van der Waals surface area contributed by atoms with E-state index >= 15 is 0 Å². The third-order valence-corrected chi connectivity index (χ3v) is 5.54. The largest absolute Gasteiger partial charge is 0.352 e. The van der Waals surface area contributed by atoms with Crippen LogP contribution in [0.25, 0.3) is 0 Å². The maximum Gasteiger partial charge on any atom is 0.270 e. The highest BCUT2D eigenvalue weighted by Gasteiger charge is 2.26. The summed E-state index contributed by atoms with van der Waals surface area (Å²) in [6, 6.07) is 6.91. The van der Waals surface area contributed by atoms with Gasteiger partial charge in [0, 0.05) is 45.0 Å². The number of carbonyl (C=O) groups excluding carboxylic acids is 2. The van der Waals surface area contributed by atoms with Crippen molar-refractivity contribution in [1.29, 1.82) is 0 Å². The number of benzene rings is 1. The number of carbonyl (C=O) groups is 2. The molecule has 1 N–H and O–H groups in total. The third-order valence-electron chi connectivity index (χ3n) is 5.21. The van der Waals surface area contributed by atoms with Crippen LogP contribution in [0, 0.1) is 16.0 Å². The van der Waals surface area contributed by atoms with Gasteiger partial charge in [0.1, 0.15) is 5.56 Å². The van der Waals surface area contributed by atoms with E-state index in [1.807, 2.05) is 0 Å². The molecular formula is C20H21ClN4O5. The van der Waals surface area contributed by atoms with Gasteiger partial charge in [0.2, 0.25) is 0 Å². The van der Waals surface area contributed by atoms with Crippen molar-refractivity contribution in [2.45, 2.75) is 12.8 Å². The first-order chi connectivity index (χ1) is 14.3. The number of aromatic nitrogens is 1. The van der Waals surface area contributed by atoms with Crippen molar-refractivity contribution in [3.8, 4) is 0 Å². The second-order valence-electron chi connectivity index (χ2n) is 7.20. The number of nitro groups is 1. The number of likely N-dealkylation sites (tertiary alicyclic amines) is 1. The number of piperidine rings is 1. The molecule has 9 nitrogen and oxygen atoms in total. The number of nitro benzene ring substituents is 1. The van der Waals surface area contributed by atoms with Gasteiger partial charge in [-0.3, -0.25) is 24.5 Å². The van der Waals surface area contributed by atoms with Crippen LogP contribution in [0.4, 0.5) is 5.69 Å². The van der Waals surface area contributed by atoms with Crippen molar-refractivity contribution in [1.82, 2.24) is 14.8 Å². The first kappa shape index (κ1) is 21.5. The smallest absolute Gasteiger partial charge is 0.270 e. The Kier molecular flexibility index (Phi) is 6.51. The van der Waals surface area contributed by atoms with E-state index in [-0.39, 0.29) is 39.2 Å². The van der Waals surface area contributed by atoms with Crippen molar-refractivity contribution >= 4 is 29.1 Å². The van der Waals surface area contributed by atoms with E-state index in [0.717, 1.165) is 6.07 Å². The van der Waals surface area contributed by atoms with Gasteiger partial charge in [-0.05, 0) is 37.0 Å². The molecule has 158 valence electrons. The highest BCUT2D eigenvalue weighted by atomic mass is 35.5. The highest BCUT2D eigenvalue weighted by Crippen LogP contribution is 2.23. The Labute approximate surface area is 177 Å². The molecule has 0 bridgehead atoms. The lowest BCUT2D eigenvalue weighted by Gasteiger charge is -2.32. The van der Waals surface area contributed by atoms with Crippen molar-refractivity contribution in [2.24, 2.45) is 13.0 Å². The fourth-order valence-corrected chi connectivity index (χ4v) is 3.61. The third kappa shape index (κ3) is 4.68. The predicted molar refractivity (Wildman–Crippen MR) is 111 cm³/mol. The van der Waals surface area contributed by atoms with Gasteiger partial charge in [0.05, 0.1) is 15.5 Å². The zero-order chi connectivity index (χ0) is 21.8. The summed E-state index contributed by atoms with van der Waals surface area (Å²) < 4.78 is 1.37. The first-order valence-electron chi connectivity index (χ1n) is 9.45. The lowest BCUT2D eigenvalue weighted by molar-refractivity contribution is -0.384. The van der Waals surface area contributed by atoms with Gasteiger partial charge < -0.3 is 14.8 Å². The molecule has 2 amide bonds. The summed E-state index contributed by atoms with van der Waals surface area (Å²) in [5, 5.41) is 13.8. The molecule has 0 atom stereocenters. The van der Waals surface area contributed by atoms with Crippen LogP contribution >= 0.6 is 11.6 Å². The Morgan fingerprint density at radius 3 is 2.60 bits per heavy atom. The van der Waals surface area contributed by atoms with Crippen LogP contribution in [-0.4, -0.2) is 45.8 Å². The summed E-state index contributed by atoms with van der Waals surface area (Å²) in [4.78, 5) is 49.1. The number of pyridine rings is 1. The maximum absolute atomic E-state index is 12.6. The van der Waals surface area contributed by atoms with Crippen molar-refractivity contribution in [3.05, 3.63) is 73.1 Å². The Hall–Kier alpha value is -3.20. The monoisotopic (exact) mass is 432 g/mol. The molecule has 0 spiro atoms. The molecule has 0 unspecified atom stereocenters. The minimum absolute atomic E-state index is 0.0541. The predicted octanol–water partition coefficient (Wildman–Crippen LogP) is 2.23. The fourth-order valence-electron chi connectivity index (χ4n) is 3.40. The molecular weight excluding hydrogens is 412 g/mol. The highest BCUT2D eigenvalue weighted by molar-refractivity contribution is 6.33. The van der Waals surface area contributed by atoms with Crippen LogP contribution in [-0.2, 0) is 7.05 Å². The van der Waals surface area contributed by atoms with E-state index in [0.29, 0.717) is 32.5 Å².